The van der Waals surface area contributed by atoms with Crippen molar-refractivity contribution >= 4 is 12.0 Å². The minimum Gasteiger partial charge on any atom is -0.480 e. The van der Waals surface area contributed by atoms with E-state index in [-0.39, 0.29) is 19.1 Å². The van der Waals surface area contributed by atoms with E-state index in [1.54, 1.807) is 12.0 Å². The van der Waals surface area contributed by atoms with Gasteiger partial charge in [0.25, 0.3) is 0 Å². The third-order valence-corrected chi connectivity index (χ3v) is 2.84. The number of amides is 2. The Kier molecular flexibility index (Phi) is 5.46. The molecule has 6 heteroatoms. The summed E-state index contributed by atoms with van der Waals surface area (Å²) in [5.74, 6) is 1.56. The SMILES string of the molecule is C#CCN(CC(=O)O)C(=O)N1CCC(COC)C1. The van der Waals surface area contributed by atoms with Crippen molar-refractivity contribution in [3.05, 3.63) is 0 Å². The molecule has 18 heavy (non-hydrogen) atoms. The molecule has 100 valence electrons. The molecule has 0 radical (unpaired) electrons. The summed E-state index contributed by atoms with van der Waals surface area (Å²) in [7, 11) is 1.62. The molecule has 1 N–H and O–H groups in total. The minimum atomic E-state index is -1.06. The summed E-state index contributed by atoms with van der Waals surface area (Å²) in [4.78, 5) is 25.5. The lowest BCUT2D eigenvalue weighted by Crippen LogP contribution is -2.44. The van der Waals surface area contributed by atoms with Gasteiger partial charge in [-0.1, -0.05) is 5.92 Å². The van der Waals surface area contributed by atoms with Crippen LogP contribution in [0.2, 0.25) is 0 Å². The fourth-order valence-electron chi connectivity index (χ4n) is 2.04. The number of carbonyl (C=O) groups is 2. The topological polar surface area (TPSA) is 70.1 Å². The van der Waals surface area contributed by atoms with Gasteiger partial charge in [0.1, 0.15) is 6.54 Å². The smallest absolute Gasteiger partial charge is 0.323 e. The lowest BCUT2D eigenvalue weighted by molar-refractivity contribution is -0.137. The van der Waals surface area contributed by atoms with Gasteiger partial charge in [0.2, 0.25) is 0 Å². The average molecular weight is 254 g/mol. The zero-order chi connectivity index (χ0) is 13.5. The molecular formula is C12H18N2O4. The highest BCUT2D eigenvalue weighted by molar-refractivity contribution is 5.80. The number of ether oxygens (including phenoxy) is 1. The number of urea groups is 1. The molecule has 1 unspecified atom stereocenters. The third kappa shape index (κ3) is 3.93. The molecule has 1 rings (SSSR count). The average Bonchev–Trinajstić information content (AvgIpc) is 2.76. The molecule has 0 aromatic rings. The maximum atomic E-state index is 12.1. The van der Waals surface area contributed by atoms with Gasteiger partial charge in [0, 0.05) is 26.1 Å². The van der Waals surface area contributed by atoms with Gasteiger partial charge in [-0.05, 0) is 6.42 Å². The normalized spacial score (nSPS) is 18.4. The molecule has 2 amide bonds. The number of terminal acetylenes is 1. The van der Waals surface area contributed by atoms with Gasteiger partial charge in [0.15, 0.2) is 0 Å². The van der Waals surface area contributed by atoms with E-state index in [0.717, 1.165) is 11.3 Å². The van der Waals surface area contributed by atoms with E-state index in [1.807, 2.05) is 0 Å². The van der Waals surface area contributed by atoms with Crippen LogP contribution in [0, 0.1) is 18.3 Å². The number of hydrogen-bond acceptors (Lipinski definition) is 3. The van der Waals surface area contributed by atoms with Crippen LogP contribution in [-0.2, 0) is 9.53 Å². The van der Waals surface area contributed by atoms with Crippen LogP contribution in [0.15, 0.2) is 0 Å². The van der Waals surface area contributed by atoms with E-state index in [2.05, 4.69) is 5.92 Å². The molecule has 1 aliphatic rings. The summed E-state index contributed by atoms with van der Waals surface area (Å²) >= 11 is 0. The Morgan fingerprint density at radius 3 is 2.89 bits per heavy atom. The first kappa shape index (κ1) is 14.3. The molecule has 1 aliphatic heterocycles. The van der Waals surface area contributed by atoms with Crippen LogP contribution in [0.3, 0.4) is 0 Å². The molecule has 1 atom stereocenters. The first-order valence-electron chi connectivity index (χ1n) is 5.76. The Morgan fingerprint density at radius 2 is 2.33 bits per heavy atom. The standard InChI is InChI=1S/C12H18N2O4/c1-3-5-13(8-11(15)16)12(17)14-6-4-10(7-14)9-18-2/h1,10H,4-9H2,2H3,(H,15,16). The molecule has 1 saturated heterocycles. The number of likely N-dealkylation sites (tertiary alicyclic amines) is 1. The molecule has 1 heterocycles. The zero-order valence-corrected chi connectivity index (χ0v) is 10.5. The summed E-state index contributed by atoms with van der Waals surface area (Å²) in [6.07, 6.45) is 6.01. The van der Waals surface area contributed by atoms with Gasteiger partial charge in [0.05, 0.1) is 13.2 Å². The number of carboxylic acids is 1. The number of hydrogen-bond donors (Lipinski definition) is 1. The van der Waals surface area contributed by atoms with Crippen molar-refractivity contribution in [2.75, 3.05) is 39.9 Å². The van der Waals surface area contributed by atoms with Crippen LogP contribution in [0.25, 0.3) is 0 Å². The molecule has 0 saturated carbocycles. The van der Waals surface area contributed by atoms with Crippen molar-refractivity contribution in [3.8, 4) is 12.3 Å². The first-order chi connectivity index (χ1) is 8.58. The van der Waals surface area contributed by atoms with E-state index in [9.17, 15) is 9.59 Å². The third-order valence-electron chi connectivity index (χ3n) is 2.84. The number of rotatable bonds is 5. The van der Waals surface area contributed by atoms with Crippen molar-refractivity contribution in [1.29, 1.82) is 0 Å². The predicted octanol–water partition coefficient (Wildman–Crippen LogP) is 0.0945. The van der Waals surface area contributed by atoms with Crippen LogP contribution in [-0.4, -0.2) is 66.8 Å². The predicted molar refractivity (Wildman–Crippen MR) is 65.0 cm³/mol. The van der Waals surface area contributed by atoms with E-state index >= 15 is 0 Å². The minimum absolute atomic E-state index is 0.0105. The summed E-state index contributed by atoms with van der Waals surface area (Å²) in [5, 5.41) is 8.74. The number of nitrogens with zero attached hydrogens (tertiary/aromatic N) is 2. The lowest BCUT2D eigenvalue weighted by Gasteiger charge is -2.25. The summed E-state index contributed by atoms with van der Waals surface area (Å²) in [5.41, 5.74) is 0. The molecule has 0 aliphatic carbocycles. The molecule has 0 spiro atoms. The van der Waals surface area contributed by atoms with Gasteiger partial charge >= 0.3 is 12.0 Å². The highest BCUT2D eigenvalue weighted by Crippen LogP contribution is 2.17. The monoisotopic (exact) mass is 254 g/mol. The summed E-state index contributed by atoms with van der Waals surface area (Å²) < 4.78 is 5.05. The number of carbonyl (C=O) groups excluding carboxylic acids is 1. The van der Waals surface area contributed by atoms with E-state index in [4.69, 9.17) is 16.3 Å². The highest BCUT2D eigenvalue weighted by Gasteiger charge is 2.29. The van der Waals surface area contributed by atoms with Gasteiger partial charge in [-0.2, -0.15) is 0 Å². The van der Waals surface area contributed by atoms with Crippen molar-refractivity contribution in [2.45, 2.75) is 6.42 Å². The largest absolute Gasteiger partial charge is 0.480 e. The lowest BCUT2D eigenvalue weighted by atomic mass is 10.1. The Labute approximate surface area is 106 Å². The van der Waals surface area contributed by atoms with E-state index in [1.165, 1.54) is 0 Å². The number of carboxylic acid groups (broad SMARTS) is 1. The van der Waals surface area contributed by atoms with Crippen molar-refractivity contribution in [1.82, 2.24) is 9.80 Å². The number of aliphatic carboxylic acids is 1. The second-order valence-electron chi connectivity index (χ2n) is 4.29. The highest BCUT2D eigenvalue weighted by atomic mass is 16.5. The molecule has 0 aromatic heterocycles. The Hall–Kier alpha value is -1.74. The van der Waals surface area contributed by atoms with Gasteiger partial charge in [-0.25, -0.2) is 4.79 Å². The molecular weight excluding hydrogens is 236 g/mol. The molecule has 6 nitrogen and oxygen atoms in total. The van der Waals surface area contributed by atoms with E-state index in [0.29, 0.717) is 25.6 Å². The quantitative estimate of drug-likeness (QED) is 0.706. The van der Waals surface area contributed by atoms with Crippen LogP contribution in [0.1, 0.15) is 6.42 Å². The summed E-state index contributed by atoms with van der Waals surface area (Å²) in [6.45, 7) is 1.46. The number of methoxy groups -OCH3 is 1. The maximum Gasteiger partial charge on any atom is 0.323 e. The second kappa shape index (κ2) is 6.87. The van der Waals surface area contributed by atoms with E-state index < -0.39 is 5.97 Å². The van der Waals surface area contributed by atoms with Gasteiger partial charge < -0.3 is 19.6 Å². The Morgan fingerprint density at radius 1 is 1.61 bits per heavy atom. The molecule has 0 bridgehead atoms. The summed E-state index contributed by atoms with van der Waals surface area (Å²) in [6, 6.07) is -0.311. The molecule has 0 aromatic carbocycles. The maximum absolute atomic E-state index is 12.1. The van der Waals surface area contributed by atoms with Crippen LogP contribution < -0.4 is 0 Å². The Balaban J connectivity index is 2.56. The van der Waals surface area contributed by atoms with Crippen LogP contribution in [0.5, 0.6) is 0 Å². The van der Waals surface area contributed by atoms with Crippen LogP contribution >= 0.6 is 0 Å². The second-order valence-corrected chi connectivity index (χ2v) is 4.29. The van der Waals surface area contributed by atoms with Crippen molar-refractivity contribution in [3.63, 3.8) is 0 Å². The van der Waals surface area contributed by atoms with Crippen LogP contribution in [0.4, 0.5) is 4.79 Å². The van der Waals surface area contributed by atoms with Gasteiger partial charge in [-0.15, -0.1) is 6.42 Å². The fourth-order valence-corrected chi connectivity index (χ4v) is 2.04. The zero-order valence-electron chi connectivity index (χ0n) is 10.5. The van der Waals surface area contributed by atoms with Crippen molar-refractivity contribution in [2.24, 2.45) is 5.92 Å². The molecule has 1 fully saturated rings. The fraction of sp³-hybridized carbons (Fsp3) is 0.667. The first-order valence-corrected chi connectivity index (χ1v) is 5.76. The van der Waals surface area contributed by atoms with Gasteiger partial charge in [-0.3, -0.25) is 4.79 Å². The van der Waals surface area contributed by atoms with Crippen molar-refractivity contribution < 1.29 is 19.4 Å². The Bertz CT molecular complexity index is 350.